The molecular weight excluding hydrogens is 397 g/mol. The molecule has 3 rings (SSSR count). The van der Waals surface area contributed by atoms with Gasteiger partial charge in [0, 0.05) is 22.9 Å². The van der Waals surface area contributed by atoms with E-state index in [0.717, 1.165) is 29.3 Å². The molecule has 3 aromatic rings. The molecule has 0 amide bonds. The molecule has 2 nitrogen and oxygen atoms in total. The van der Waals surface area contributed by atoms with Gasteiger partial charge in [0.25, 0.3) is 0 Å². The van der Waals surface area contributed by atoms with E-state index >= 15 is 0 Å². The van der Waals surface area contributed by atoms with Crippen LogP contribution in [0.25, 0.3) is 0 Å². The van der Waals surface area contributed by atoms with Gasteiger partial charge in [-0.1, -0.05) is 48.0 Å². The highest BCUT2D eigenvalue weighted by atomic mass is 35.5. The van der Waals surface area contributed by atoms with E-state index in [4.69, 9.17) is 16.3 Å². The van der Waals surface area contributed by atoms with E-state index in [1.54, 1.807) is 12.1 Å². The van der Waals surface area contributed by atoms with Crippen molar-refractivity contribution in [2.75, 3.05) is 6.54 Å². The van der Waals surface area contributed by atoms with Gasteiger partial charge in [-0.05, 0) is 68.3 Å². The van der Waals surface area contributed by atoms with Gasteiger partial charge in [0.2, 0.25) is 0 Å². The summed E-state index contributed by atoms with van der Waals surface area (Å²) in [5, 5.41) is 3.10. The number of rotatable bonds is 9. The number of benzene rings is 3. The fourth-order valence-electron chi connectivity index (χ4n) is 3.69. The molecule has 2 atom stereocenters. The lowest BCUT2D eigenvalue weighted by atomic mass is 9.88. The van der Waals surface area contributed by atoms with Crippen LogP contribution in [0.3, 0.4) is 0 Å². The smallest absolute Gasteiger partial charge is 0.123 e. The van der Waals surface area contributed by atoms with Gasteiger partial charge >= 0.3 is 0 Å². The molecular formula is C26H30ClFNO+. The highest BCUT2D eigenvalue weighted by molar-refractivity contribution is 6.30. The van der Waals surface area contributed by atoms with Gasteiger partial charge < -0.3 is 10.1 Å². The molecule has 0 aliphatic heterocycles. The normalized spacial score (nSPS) is 13.3. The molecule has 0 fully saturated rings. The summed E-state index contributed by atoms with van der Waals surface area (Å²) in [5.74, 6) is 0.864. The molecule has 0 aliphatic rings. The van der Waals surface area contributed by atoms with Crippen molar-refractivity contribution in [2.45, 2.75) is 45.3 Å². The first-order valence-corrected chi connectivity index (χ1v) is 10.9. The molecule has 0 unspecified atom stereocenters. The molecule has 0 saturated heterocycles. The van der Waals surface area contributed by atoms with Crippen LogP contribution in [-0.2, 0) is 0 Å². The van der Waals surface area contributed by atoms with Crippen molar-refractivity contribution in [3.05, 3.63) is 100 Å². The standard InChI is InChI=1S/C26H29ClFNO/c1-18(2)30-25-14-8-22(9-15-25)26(21-6-12-24(28)13-7-21)16-17-29-19(3)20-4-10-23(27)11-5-20/h4-15,18-19,26,29H,16-17H2,1-3H3/p+1/t19-,26+/m1/s1. The molecule has 4 heteroatoms. The summed E-state index contributed by atoms with van der Waals surface area (Å²) >= 11 is 6.00. The van der Waals surface area contributed by atoms with Crippen LogP contribution < -0.4 is 10.1 Å². The van der Waals surface area contributed by atoms with Gasteiger partial charge in [-0.15, -0.1) is 0 Å². The fourth-order valence-corrected chi connectivity index (χ4v) is 3.81. The van der Waals surface area contributed by atoms with Gasteiger partial charge in [0.1, 0.15) is 17.6 Å². The van der Waals surface area contributed by atoms with Crippen molar-refractivity contribution < 1.29 is 14.4 Å². The largest absolute Gasteiger partial charge is 0.491 e. The Bertz CT molecular complexity index is 907. The summed E-state index contributed by atoms with van der Waals surface area (Å²) in [7, 11) is 0. The average Bonchev–Trinajstić information content (AvgIpc) is 2.73. The van der Waals surface area contributed by atoms with Crippen LogP contribution in [0.2, 0.25) is 5.02 Å². The number of hydrogen-bond donors (Lipinski definition) is 1. The monoisotopic (exact) mass is 426 g/mol. The summed E-state index contributed by atoms with van der Waals surface area (Å²) in [5.41, 5.74) is 3.60. The van der Waals surface area contributed by atoms with Gasteiger partial charge in [-0.2, -0.15) is 0 Å². The van der Waals surface area contributed by atoms with Gasteiger partial charge in [0.15, 0.2) is 0 Å². The lowest BCUT2D eigenvalue weighted by Gasteiger charge is -2.20. The highest BCUT2D eigenvalue weighted by Gasteiger charge is 2.17. The van der Waals surface area contributed by atoms with Crippen molar-refractivity contribution in [3.8, 4) is 5.75 Å². The maximum Gasteiger partial charge on any atom is 0.123 e. The van der Waals surface area contributed by atoms with Gasteiger partial charge in [-0.3, -0.25) is 0 Å². The zero-order valence-electron chi connectivity index (χ0n) is 17.8. The van der Waals surface area contributed by atoms with E-state index in [9.17, 15) is 4.39 Å². The molecule has 0 saturated carbocycles. The maximum atomic E-state index is 13.5. The Balaban J connectivity index is 1.71. The summed E-state index contributed by atoms with van der Waals surface area (Å²) in [6, 6.07) is 23.5. The first kappa shape index (κ1) is 22.3. The zero-order chi connectivity index (χ0) is 21.5. The van der Waals surface area contributed by atoms with Crippen molar-refractivity contribution in [1.82, 2.24) is 0 Å². The lowest BCUT2D eigenvalue weighted by Crippen LogP contribution is -2.84. The molecule has 0 heterocycles. The summed E-state index contributed by atoms with van der Waals surface area (Å²) in [6.07, 6.45) is 1.10. The first-order valence-electron chi connectivity index (χ1n) is 10.5. The summed E-state index contributed by atoms with van der Waals surface area (Å²) < 4.78 is 19.2. The van der Waals surface area contributed by atoms with E-state index in [2.05, 4.69) is 36.5 Å². The van der Waals surface area contributed by atoms with E-state index in [-0.39, 0.29) is 17.8 Å². The van der Waals surface area contributed by atoms with Crippen LogP contribution in [0.4, 0.5) is 4.39 Å². The number of halogens is 2. The summed E-state index contributed by atoms with van der Waals surface area (Å²) in [6.45, 7) is 7.20. The number of nitrogens with two attached hydrogens (primary N) is 1. The maximum absolute atomic E-state index is 13.5. The molecule has 158 valence electrons. The molecule has 0 spiro atoms. The molecule has 3 aromatic carbocycles. The van der Waals surface area contributed by atoms with E-state index in [1.807, 2.05) is 50.2 Å². The minimum absolute atomic E-state index is 0.146. The Hall–Kier alpha value is -2.36. The van der Waals surface area contributed by atoms with Crippen LogP contribution in [0.1, 0.15) is 55.8 Å². The van der Waals surface area contributed by atoms with Crippen molar-refractivity contribution in [2.24, 2.45) is 0 Å². The van der Waals surface area contributed by atoms with E-state index in [1.165, 1.54) is 11.1 Å². The second-order valence-corrected chi connectivity index (χ2v) is 8.43. The highest BCUT2D eigenvalue weighted by Crippen LogP contribution is 2.29. The van der Waals surface area contributed by atoms with Crippen LogP contribution in [-0.4, -0.2) is 12.6 Å². The predicted octanol–water partition coefficient (Wildman–Crippen LogP) is 6.11. The van der Waals surface area contributed by atoms with Crippen molar-refractivity contribution in [1.29, 1.82) is 0 Å². The molecule has 0 aromatic heterocycles. The van der Waals surface area contributed by atoms with Crippen LogP contribution >= 0.6 is 11.6 Å². The van der Waals surface area contributed by atoms with Crippen LogP contribution in [0, 0.1) is 5.82 Å². The quantitative estimate of drug-likeness (QED) is 0.438. The Morgan fingerprint density at radius 3 is 1.90 bits per heavy atom. The third kappa shape index (κ3) is 6.32. The fraction of sp³-hybridized carbons (Fsp3) is 0.308. The molecule has 0 radical (unpaired) electrons. The third-order valence-corrected chi connectivity index (χ3v) is 5.55. The second-order valence-electron chi connectivity index (χ2n) is 7.99. The molecule has 2 N–H and O–H groups in total. The second kappa shape index (κ2) is 10.6. The Labute approximate surface area is 184 Å². The van der Waals surface area contributed by atoms with Crippen molar-refractivity contribution in [3.63, 3.8) is 0 Å². The SMILES string of the molecule is CC(C)Oc1ccc([C@@H](CC[NH2+][C@H](C)c2ccc(Cl)cc2)c2ccc(F)cc2)cc1. The number of quaternary nitrogens is 1. The van der Waals surface area contributed by atoms with E-state index in [0.29, 0.717) is 6.04 Å². The zero-order valence-corrected chi connectivity index (χ0v) is 18.6. The molecule has 0 aliphatic carbocycles. The van der Waals surface area contributed by atoms with Gasteiger partial charge in [-0.25, -0.2) is 4.39 Å². The average molecular weight is 427 g/mol. The Morgan fingerprint density at radius 2 is 1.33 bits per heavy atom. The topological polar surface area (TPSA) is 25.8 Å². The Kier molecular flexibility index (Phi) is 7.89. The lowest BCUT2D eigenvalue weighted by molar-refractivity contribution is -0.693. The molecule has 0 bridgehead atoms. The predicted molar refractivity (Wildman–Crippen MR) is 122 cm³/mol. The van der Waals surface area contributed by atoms with Crippen LogP contribution in [0.5, 0.6) is 5.75 Å². The first-order chi connectivity index (χ1) is 14.4. The summed E-state index contributed by atoms with van der Waals surface area (Å²) in [4.78, 5) is 0. The molecule has 30 heavy (non-hydrogen) atoms. The number of ether oxygens (including phenoxy) is 1. The van der Waals surface area contributed by atoms with E-state index < -0.39 is 0 Å². The Morgan fingerprint density at radius 1 is 0.800 bits per heavy atom. The van der Waals surface area contributed by atoms with Crippen molar-refractivity contribution >= 4 is 11.6 Å². The number of hydrogen-bond acceptors (Lipinski definition) is 1. The van der Waals surface area contributed by atoms with Gasteiger partial charge in [0.05, 0.1) is 12.6 Å². The minimum atomic E-state index is -0.207. The van der Waals surface area contributed by atoms with Crippen LogP contribution in [0.15, 0.2) is 72.8 Å². The minimum Gasteiger partial charge on any atom is -0.491 e. The third-order valence-electron chi connectivity index (χ3n) is 5.30.